The summed E-state index contributed by atoms with van der Waals surface area (Å²) in [7, 11) is 0. The zero-order chi connectivity index (χ0) is 14.8. The fraction of sp³-hybridized carbons (Fsp3) is 0.600. The molecule has 20 heavy (non-hydrogen) atoms. The Morgan fingerprint density at radius 2 is 1.85 bits per heavy atom. The van der Waals surface area contributed by atoms with Crippen LogP contribution in [0.2, 0.25) is 0 Å². The van der Waals surface area contributed by atoms with E-state index in [1.54, 1.807) is 0 Å². The maximum Gasteiger partial charge on any atom is 0.416 e. The van der Waals surface area contributed by atoms with Gasteiger partial charge in [0.05, 0.1) is 24.8 Å². The van der Waals surface area contributed by atoms with Crippen LogP contribution in [0.3, 0.4) is 0 Å². The second-order valence-electron chi connectivity index (χ2n) is 5.70. The quantitative estimate of drug-likeness (QED) is 0.913. The van der Waals surface area contributed by atoms with Gasteiger partial charge in [-0.2, -0.15) is 13.2 Å². The van der Waals surface area contributed by atoms with Crippen molar-refractivity contribution in [2.24, 2.45) is 5.92 Å². The number of rotatable bonds is 3. The Balaban J connectivity index is 2.04. The Morgan fingerprint density at radius 3 is 2.40 bits per heavy atom. The molecular formula is C15H20F3NO. The van der Waals surface area contributed by atoms with Crippen molar-refractivity contribution in [1.29, 1.82) is 0 Å². The molecule has 2 unspecified atom stereocenters. The molecule has 1 aliphatic rings. The molecule has 0 saturated carbocycles. The summed E-state index contributed by atoms with van der Waals surface area (Å²) >= 11 is 0. The minimum Gasteiger partial charge on any atom is -0.378 e. The van der Waals surface area contributed by atoms with Gasteiger partial charge in [-0.1, -0.05) is 26.0 Å². The first-order valence-corrected chi connectivity index (χ1v) is 6.87. The van der Waals surface area contributed by atoms with Crippen molar-refractivity contribution in [3.8, 4) is 0 Å². The molecule has 1 aromatic rings. The highest BCUT2D eigenvalue weighted by Crippen LogP contribution is 2.30. The van der Waals surface area contributed by atoms with Crippen molar-refractivity contribution in [3.63, 3.8) is 0 Å². The lowest BCUT2D eigenvalue weighted by Gasteiger charge is -2.32. The molecule has 2 rings (SSSR count). The maximum atomic E-state index is 12.5. The molecule has 5 heteroatoms. The van der Waals surface area contributed by atoms with Crippen molar-refractivity contribution in [1.82, 2.24) is 5.32 Å². The maximum absolute atomic E-state index is 12.5. The van der Waals surface area contributed by atoms with Crippen LogP contribution in [-0.4, -0.2) is 19.3 Å². The Kier molecular flexibility index (Phi) is 4.70. The largest absolute Gasteiger partial charge is 0.416 e. The van der Waals surface area contributed by atoms with Crippen molar-refractivity contribution >= 4 is 0 Å². The highest BCUT2D eigenvalue weighted by atomic mass is 19.4. The van der Waals surface area contributed by atoms with Crippen LogP contribution in [0.15, 0.2) is 24.3 Å². The van der Waals surface area contributed by atoms with E-state index in [4.69, 9.17) is 4.74 Å². The summed E-state index contributed by atoms with van der Waals surface area (Å²) < 4.78 is 43.1. The average Bonchev–Trinajstić information content (AvgIpc) is 2.37. The topological polar surface area (TPSA) is 21.3 Å². The summed E-state index contributed by atoms with van der Waals surface area (Å²) in [5, 5.41) is 3.45. The zero-order valence-electron chi connectivity index (χ0n) is 11.7. The van der Waals surface area contributed by atoms with Crippen LogP contribution in [-0.2, 0) is 10.9 Å². The fourth-order valence-corrected chi connectivity index (χ4v) is 2.51. The summed E-state index contributed by atoms with van der Waals surface area (Å²) in [5.74, 6) is 0.558. The number of alkyl halides is 3. The van der Waals surface area contributed by atoms with Crippen LogP contribution >= 0.6 is 0 Å². The Hall–Kier alpha value is -1.07. The molecule has 0 aromatic heterocycles. The molecular weight excluding hydrogens is 267 g/mol. The third-order valence-corrected chi connectivity index (χ3v) is 3.44. The standard InChI is InChI=1S/C15H20F3NO/c1-10(2)7-13-8-20-9-14(19-13)11-3-5-12(6-4-11)15(16,17)18/h3-6,10,13-14,19H,7-9H2,1-2H3. The van der Waals surface area contributed by atoms with Gasteiger partial charge in [0, 0.05) is 6.04 Å². The van der Waals surface area contributed by atoms with E-state index in [0.29, 0.717) is 19.1 Å². The van der Waals surface area contributed by atoms with E-state index in [1.165, 1.54) is 12.1 Å². The molecule has 0 amide bonds. The first-order valence-electron chi connectivity index (χ1n) is 6.87. The first-order chi connectivity index (χ1) is 9.36. The van der Waals surface area contributed by atoms with Crippen LogP contribution in [0.5, 0.6) is 0 Å². The van der Waals surface area contributed by atoms with Crippen LogP contribution in [0.25, 0.3) is 0 Å². The lowest BCUT2D eigenvalue weighted by Crippen LogP contribution is -2.44. The van der Waals surface area contributed by atoms with Gasteiger partial charge in [-0.25, -0.2) is 0 Å². The molecule has 0 radical (unpaired) electrons. The lowest BCUT2D eigenvalue weighted by atomic mass is 9.99. The van der Waals surface area contributed by atoms with Crippen molar-refractivity contribution in [3.05, 3.63) is 35.4 Å². The molecule has 2 atom stereocenters. The second kappa shape index (κ2) is 6.14. The van der Waals surface area contributed by atoms with Gasteiger partial charge < -0.3 is 10.1 Å². The Morgan fingerprint density at radius 1 is 1.20 bits per heavy atom. The van der Waals surface area contributed by atoms with Gasteiger partial charge in [0.2, 0.25) is 0 Å². The molecule has 0 spiro atoms. The number of halogens is 3. The van der Waals surface area contributed by atoms with E-state index >= 15 is 0 Å². The van der Waals surface area contributed by atoms with Gasteiger partial charge in [-0.15, -0.1) is 0 Å². The van der Waals surface area contributed by atoms with Gasteiger partial charge in [-0.3, -0.25) is 0 Å². The van der Waals surface area contributed by atoms with Crippen LogP contribution < -0.4 is 5.32 Å². The fourth-order valence-electron chi connectivity index (χ4n) is 2.51. The van der Waals surface area contributed by atoms with Crippen LogP contribution in [0.1, 0.15) is 37.4 Å². The molecule has 0 aliphatic carbocycles. The SMILES string of the molecule is CC(C)CC1COCC(c2ccc(C(F)(F)F)cc2)N1. The molecule has 1 fully saturated rings. The minimum atomic E-state index is -4.28. The predicted octanol–water partition coefficient (Wildman–Crippen LogP) is 3.78. The molecule has 1 saturated heterocycles. The van der Waals surface area contributed by atoms with Gasteiger partial charge in [0.1, 0.15) is 0 Å². The molecule has 1 aliphatic heterocycles. The van der Waals surface area contributed by atoms with Gasteiger partial charge in [0.25, 0.3) is 0 Å². The van der Waals surface area contributed by atoms with E-state index in [9.17, 15) is 13.2 Å². The Labute approximate surface area is 117 Å². The summed E-state index contributed by atoms with van der Waals surface area (Å²) in [6.45, 7) is 5.45. The molecule has 1 aromatic carbocycles. The monoisotopic (exact) mass is 287 g/mol. The third-order valence-electron chi connectivity index (χ3n) is 3.44. The summed E-state index contributed by atoms with van der Waals surface area (Å²) in [4.78, 5) is 0. The minimum absolute atomic E-state index is 0.0326. The number of hydrogen-bond donors (Lipinski definition) is 1. The van der Waals surface area contributed by atoms with Crippen LogP contribution in [0, 0.1) is 5.92 Å². The second-order valence-corrected chi connectivity index (χ2v) is 5.70. The highest BCUT2D eigenvalue weighted by Gasteiger charge is 2.30. The number of morpholine rings is 1. The highest BCUT2D eigenvalue weighted by molar-refractivity contribution is 5.27. The van der Waals surface area contributed by atoms with E-state index in [-0.39, 0.29) is 12.1 Å². The summed E-state index contributed by atoms with van der Waals surface area (Å²) in [5.41, 5.74) is 0.225. The molecule has 1 N–H and O–H groups in total. The average molecular weight is 287 g/mol. The van der Waals surface area contributed by atoms with Crippen molar-refractivity contribution < 1.29 is 17.9 Å². The number of nitrogens with one attached hydrogen (secondary N) is 1. The summed E-state index contributed by atoms with van der Waals surface area (Å²) in [6.07, 6.45) is -3.29. The van der Waals surface area contributed by atoms with Gasteiger partial charge in [-0.05, 0) is 30.0 Å². The van der Waals surface area contributed by atoms with Crippen LogP contribution in [0.4, 0.5) is 13.2 Å². The Bertz CT molecular complexity index is 428. The molecule has 112 valence electrons. The number of ether oxygens (including phenoxy) is 1. The molecule has 2 nitrogen and oxygen atoms in total. The number of hydrogen-bond acceptors (Lipinski definition) is 2. The summed E-state index contributed by atoms with van der Waals surface area (Å²) in [6, 6.07) is 5.54. The number of benzene rings is 1. The normalized spacial score (nSPS) is 24.1. The van der Waals surface area contributed by atoms with E-state index in [0.717, 1.165) is 24.1 Å². The van der Waals surface area contributed by atoms with Crippen molar-refractivity contribution in [2.45, 2.75) is 38.5 Å². The van der Waals surface area contributed by atoms with Crippen molar-refractivity contribution in [2.75, 3.05) is 13.2 Å². The van der Waals surface area contributed by atoms with E-state index < -0.39 is 11.7 Å². The molecule has 0 bridgehead atoms. The smallest absolute Gasteiger partial charge is 0.378 e. The first kappa shape index (κ1) is 15.3. The molecule has 1 heterocycles. The zero-order valence-corrected chi connectivity index (χ0v) is 11.7. The van der Waals surface area contributed by atoms with E-state index in [1.807, 2.05) is 0 Å². The van der Waals surface area contributed by atoms with E-state index in [2.05, 4.69) is 19.2 Å². The third kappa shape index (κ3) is 3.96. The van der Waals surface area contributed by atoms with Gasteiger partial charge in [0.15, 0.2) is 0 Å². The lowest BCUT2D eigenvalue weighted by molar-refractivity contribution is -0.137. The van der Waals surface area contributed by atoms with Gasteiger partial charge >= 0.3 is 6.18 Å². The predicted molar refractivity (Wildman–Crippen MR) is 71.4 cm³/mol.